The summed E-state index contributed by atoms with van der Waals surface area (Å²) in [7, 11) is -3.24. The number of carbonyl (C=O) groups is 1. The van der Waals surface area contributed by atoms with Crippen molar-refractivity contribution in [2.75, 3.05) is 27.2 Å². The number of para-hydroxylation sites is 1. The molecule has 3 rings (SSSR count). The summed E-state index contributed by atoms with van der Waals surface area (Å²) in [6, 6.07) is 14.1. The van der Waals surface area contributed by atoms with E-state index in [9.17, 15) is 13.2 Å². The summed E-state index contributed by atoms with van der Waals surface area (Å²) >= 11 is 0. The Morgan fingerprint density at radius 3 is 2.40 bits per heavy atom. The molecule has 0 spiro atoms. The minimum Gasteiger partial charge on any atom is -0.308 e. The predicted molar refractivity (Wildman–Crippen MR) is 101 cm³/mol. The van der Waals surface area contributed by atoms with Gasteiger partial charge in [0.05, 0.1) is 11.4 Å². The predicted octanol–water partition coefficient (Wildman–Crippen LogP) is 3.57. The molecule has 1 fully saturated rings. The van der Waals surface area contributed by atoms with E-state index in [2.05, 4.69) is 10.6 Å². The molecule has 1 aliphatic heterocycles. The first-order chi connectivity index (χ1) is 12.0. The Morgan fingerprint density at radius 1 is 1.00 bits per heavy atom. The average Bonchev–Trinajstić information content (AvgIpc) is 2.56. The van der Waals surface area contributed by atoms with Crippen LogP contribution in [0.3, 0.4) is 0 Å². The molecule has 0 radical (unpaired) electrons. The van der Waals surface area contributed by atoms with Crippen molar-refractivity contribution in [3.8, 4) is 0 Å². The fourth-order valence-corrected chi connectivity index (χ4v) is 4.59. The smallest absolute Gasteiger partial charge is 0.308 e. The van der Waals surface area contributed by atoms with E-state index < -0.39 is 10.0 Å². The largest absolute Gasteiger partial charge is 0.323 e. The Labute approximate surface area is 147 Å². The minimum absolute atomic E-state index is 0.186. The van der Waals surface area contributed by atoms with Crippen molar-refractivity contribution in [3.63, 3.8) is 0 Å². The Kier molecular flexibility index (Phi) is 4.94. The number of nitrogens with one attached hydrogen (secondary N) is 2. The fraction of sp³-hybridized carbons (Fsp3) is 0.278. The molecule has 25 heavy (non-hydrogen) atoms. The van der Waals surface area contributed by atoms with Gasteiger partial charge in [-0.15, -0.1) is 0 Å². The lowest BCUT2D eigenvalue weighted by atomic mass is 10.1. The first-order valence-corrected chi connectivity index (χ1v) is 9.81. The number of hydrogen-bond donors (Lipinski definition) is 2. The number of benzene rings is 2. The van der Waals surface area contributed by atoms with Crippen LogP contribution in [0.1, 0.15) is 18.4 Å². The van der Waals surface area contributed by atoms with Crippen molar-refractivity contribution in [2.45, 2.75) is 19.8 Å². The van der Waals surface area contributed by atoms with Crippen molar-refractivity contribution < 1.29 is 13.2 Å². The number of carbonyl (C=O) groups excluding carboxylic acids is 1. The lowest BCUT2D eigenvalue weighted by Crippen LogP contribution is -2.38. The molecule has 132 valence electrons. The summed E-state index contributed by atoms with van der Waals surface area (Å²) < 4.78 is 26.0. The number of urea groups is 1. The van der Waals surface area contributed by atoms with Gasteiger partial charge in [0.1, 0.15) is 0 Å². The first-order valence-electron chi connectivity index (χ1n) is 8.20. The molecule has 6 nitrogen and oxygen atoms in total. The lowest BCUT2D eigenvalue weighted by molar-refractivity contribution is 0.262. The molecule has 1 heterocycles. The van der Waals surface area contributed by atoms with Crippen LogP contribution in [0.5, 0.6) is 0 Å². The number of amides is 2. The molecule has 0 bridgehead atoms. The third-order valence-electron chi connectivity index (χ3n) is 4.10. The number of nitrogens with zero attached hydrogens (tertiary/aromatic N) is 1. The van der Waals surface area contributed by atoms with Gasteiger partial charge < -0.3 is 10.6 Å². The third kappa shape index (κ3) is 4.11. The fourth-order valence-electron chi connectivity index (χ4n) is 2.89. The molecular formula is C18H21N3O3S. The van der Waals surface area contributed by atoms with Crippen LogP contribution in [0.25, 0.3) is 0 Å². The second-order valence-electron chi connectivity index (χ2n) is 6.04. The van der Waals surface area contributed by atoms with E-state index in [1.807, 2.05) is 25.1 Å². The molecule has 0 aromatic heterocycles. The zero-order valence-corrected chi connectivity index (χ0v) is 14.8. The van der Waals surface area contributed by atoms with Gasteiger partial charge in [0.2, 0.25) is 10.0 Å². The number of rotatable bonds is 3. The molecule has 0 aliphatic carbocycles. The summed E-state index contributed by atoms with van der Waals surface area (Å²) in [6.45, 7) is 2.35. The average molecular weight is 359 g/mol. The lowest BCUT2D eigenvalue weighted by Gasteiger charge is -2.29. The topological polar surface area (TPSA) is 78.5 Å². The number of aryl methyl sites for hydroxylation is 1. The number of sulfonamides is 1. The zero-order chi connectivity index (χ0) is 17.9. The molecule has 0 saturated carbocycles. The molecule has 1 saturated heterocycles. The molecule has 0 atom stereocenters. The van der Waals surface area contributed by atoms with E-state index in [1.165, 1.54) is 4.31 Å². The van der Waals surface area contributed by atoms with Crippen molar-refractivity contribution in [1.82, 2.24) is 0 Å². The van der Waals surface area contributed by atoms with Gasteiger partial charge in [-0.3, -0.25) is 4.31 Å². The Morgan fingerprint density at radius 2 is 1.72 bits per heavy atom. The second kappa shape index (κ2) is 7.14. The molecule has 2 aromatic rings. The Balaban J connectivity index is 1.72. The van der Waals surface area contributed by atoms with Crippen LogP contribution in [0.2, 0.25) is 0 Å². The maximum atomic E-state index is 12.2. The van der Waals surface area contributed by atoms with Gasteiger partial charge in [-0.2, -0.15) is 0 Å². The molecule has 1 aliphatic rings. The summed E-state index contributed by atoms with van der Waals surface area (Å²) in [5.41, 5.74) is 2.80. The second-order valence-corrected chi connectivity index (χ2v) is 8.05. The van der Waals surface area contributed by atoms with Crippen LogP contribution in [-0.4, -0.2) is 26.7 Å². The van der Waals surface area contributed by atoms with Gasteiger partial charge in [-0.1, -0.05) is 18.2 Å². The van der Waals surface area contributed by atoms with Crippen LogP contribution < -0.4 is 14.9 Å². The molecule has 7 heteroatoms. The monoisotopic (exact) mass is 359 g/mol. The van der Waals surface area contributed by atoms with Gasteiger partial charge in [-0.05, 0) is 55.7 Å². The van der Waals surface area contributed by atoms with E-state index in [-0.39, 0.29) is 11.8 Å². The van der Waals surface area contributed by atoms with Gasteiger partial charge in [-0.25, -0.2) is 13.2 Å². The molecule has 0 unspecified atom stereocenters. The van der Waals surface area contributed by atoms with E-state index in [0.717, 1.165) is 12.0 Å². The SMILES string of the molecule is Cc1cc(NC(=O)Nc2ccccc2)ccc1N1CCCCS1(=O)=O. The highest BCUT2D eigenvalue weighted by atomic mass is 32.2. The zero-order valence-electron chi connectivity index (χ0n) is 14.0. The van der Waals surface area contributed by atoms with Crippen molar-refractivity contribution in [3.05, 3.63) is 54.1 Å². The van der Waals surface area contributed by atoms with Gasteiger partial charge in [0.15, 0.2) is 0 Å². The summed E-state index contributed by atoms with van der Waals surface area (Å²) in [4.78, 5) is 12.1. The first kappa shape index (κ1) is 17.3. The van der Waals surface area contributed by atoms with Crippen molar-refractivity contribution in [1.29, 1.82) is 0 Å². The third-order valence-corrected chi connectivity index (χ3v) is 5.96. The van der Waals surface area contributed by atoms with Crippen molar-refractivity contribution >= 4 is 33.1 Å². The standard InChI is InChI=1S/C18H21N3O3S/c1-14-13-16(20-18(22)19-15-7-3-2-4-8-15)9-10-17(14)21-11-5-6-12-25(21,23)24/h2-4,7-10,13H,5-6,11-12H2,1H3,(H2,19,20,22). The van der Waals surface area contributed by atoms with Crippen molar-refractivity contribution in [2.24, 2.45) is 0 Å². The minimum atomic E-state index is -3.24. The summed E-state index contributed by atoms with van der Waals surface area (Å²) in [5, 5.41) is 5.51. The summed E-state index contributed by atoms with van der Waals surface area (Å²) in [6.07, 6.45) is 1.56. The van der Waals surface area contributed by atoms with Crippen LogP contribution in [0, 0.1) is 6.92 Å². The molecule has 2 aromatic carbocycles. The highest BCUT2D eigenvalue weighted by Crippen LogP contribution is 2.28. The molecule has 2 N–H and O–H groups in total. The van der Waals surface area contributed by atoms with Crippen LogP contribution >= 0.6 is 0 Å². The van der Waals surface area contributed by atoms with E-state index in [0.29, 0.717) is 30.0 Å². The van der Waals surface area contributed by atoms with Gasteiger partial charge in [0.25, 0.3) is 0 Å². The Bertz CT molecular complexity index is 866. The van der Waals surface area contributed by atoms with Crippen LogP contribution in [-0.2, 0) is 10.0 Å². The maximum absolute atomic E-state index is 12.2. The van der Waals surface area contributed by atoms with Crippen LogP contribution in [0.4, 0.5) is 21.9 Å². The normalized spacial score (nSPS) is 16.3. The number of hydrogen-bond acceptors (Lipinski definition) is 3. The van der Waals surface area contributed by atoms with E-state index in [1.54, 1.807) is 30.3 Å². The maximum Gasteiger partial charge on any atom is 0.323 e. The van der Waals surface area contributed by atoms with Gasteiger partial charge >= 0.3 is 6.03 Å². The van der Waals surface area contributed by atoms with E-state index >= 15 is 0 Å². The summed E-state index contributed by atoms with van der Waals surface area (Å²) in [5.74, 6) is 0.186. The molecule has 2 amide bonds. The Hall–Kier alpha value is -2.54. The van der Waals surface area contributed by atoms with Crippen LogP contribution in [0.15, 0.2) is 48.5 Å². The molecular weight excluding hydrogens is 338 g/mol. The highest BCUT2D eigenvalue weighted by Gasteiger charge is 2.27. The quantitative estimate of drug-likeness (QED) is 0.879. The van der Waals surface area contributed by atoms with Gasteiger partial charge in [0, 0.05) is 17.9 Å². The number of anilines is 3. The highest BCUT2D eigenvalue weighted by molar-refractivity contribution is 7.92. The van der Waals surface area contributed by atoms with E-state index in [4.69, 9.17) is 0 Å².